The van der Waals surface area contributed by atoms with Gasteiger partial charge >= 0.3 is 0 Å². The van der Waals surface area contributed by atoms with E-state index in [-0.39, 0.29) is 5.91 Å². The van der Waals surface area contributed by atoms with Crippen molar-refractivity contribution in [2.75, 3.05) is 23.3 Å². The highest BCUT2D eigenvalue weighted by atomic mass is 16.1. The number of benzene rings is 1. The molecular formula is C20H28N4O. The number of carbonyl (C=O) groups is 1. The minimum Gasteiger partial charge on any atom is -0.357 e. The Morgan fingerprint density at radius 1 is 1.16 bits per heavy atom. The molecule has 25 heavy (non-hydrogen) atoms. The molecule has 5 nitrogen and oxygen atoms in total. The second kappa shape index (κ2) is 8.10. The van der Waals surface area contributed by atoms with Gasteiger partial charge in [-0.05, 0) is 44.7 Å². The summed E-state index contributed by atoms with van der Waals surface area (Å²) in [5.74, 6) is 1.52. The molecule has 0 radical (unpaired) electrons. The first-order chi connectivity index (χ1) is 11.9. The Morgan fingerprint density at radius 3 is 2.44 bits per heavy atom. The quantitative estimate of drug-likeness (QED) is 0.851. The van der Waals surface area contributed by atoms with Crippen molar-refractivity contribution in [1.82, 2.24) is 9.97 Å². The summed E-state index contributed by atoms with van der Waals surface area (Å²) in [6, 6.07) is 7.85. The maximum atomic E-state index is 12.8. The van der Waals surface area contributed by atoms with Crippen LogP contribution >= 0.6 is 0 Å². The number of aromatic nitrogens is 2. The molecule has 0 unspecified atom stereocenters. The van der Waals surface area contributed by atoms with Crippen LogP contribution in [0.15, 0.2) is 24.3 Å². The standard InChI is InChI=1S/C20H28N4O/c1-7-24(8-2)18-12-17(21-15(6)22-18)20(25)23-19-14(5)10-9-11-16(19)13(3)4/h9-13H,7-8H2,1-6H3,(H,23,25). The van der Waals surface area contributed by atoms with E-state index in [1.807, 2.05) is 26.0 Å². The van der Waals surface area contributed by atoms with Gasteiger partial charge in [0.15, 0.2) is 0 Å². The van der Waals surface area contributed by atoms with E-state index in [1.165, 1.54) is 0 Å². The Morgan fingerprint density at radius 2 is 1.84 bits per heavy atom. The van der Waals surface area contributed by atoms with Crippen molar-refractivity contribution < 1.29 is 4.79 Å². The summed E-state index contributed by atoms with van der Waals surface area (Å²) in [6.07, 6.45) is 0. The summed E-state index contributed by atoms with van der Waals surface area (Å²) < 4.78 is 0. The summed E-state index contributed by atoms with van der Waals surface area (Å²) in [7, 11) is 0. The van der Waals surface area contributed by atoms with E-state index < -0.39 is 0 Å². The molecule has 0 spiro atoms. The second-order valence-electron chi connectivity index (χ2n) is 6.48. The molecule has 0 aliphatic heterocycles. The Labute approximate surface area is 150 Å². The molecule has 5 heteroatoms. The summed E-state index contributed by atoms with van der Waals surface area (Å²) in [6.45, 7) is 13.9. The topological polar surface area (TPSA) is 58.1 Å². The molecule has 0 fully saturated rings. The van der Waals surface area contributed by atoms with Gasteiger partial charge in [-0.25, -0.2) is 9.97 Å². The first kappa shape index (κ1) is 18.9. The van der Waals surface area contributed by atoms with Gasteiger partial charge in [0, 0.05) is 24.8 Å². The normalized spacial score (nSPS) is 10.8. The van der Waals surface area contributed by atoms with Crippen LogP contribution in [0.1, 0.15) is 61.1 Å². The minimum absolute atomic E-state index is 0.199. The lowest BCUT2D eigenvalue weighted by atomic mass is 9.98. The van der Waals surface area contributed by atoms with Crippen LogP contribution in [0.5, 0.6) is 0 Å². The second-order valence-corrected chi connectivity index (χ2v) is 6.48. The maximum absolute atomic E-state index is 12.8. The third-order valence-corrected chi connectivity index (χ3v) is 4.31. The summed E-state index contributed by atoms with van der Waals surface area (Å²) in [4.78, 5) is 23.7. The van der Waals surface area contributed by atoms with Gasteiger partial charge in [0.1, 0.15) is 17.3 Å². The highest BCUT2D eigenvalue weighted by Gasteiger charge is 2.16. The van der Waals surface area contributed by atoms with E-state index in [9.17, 15) is 4.79 Å². The van der Waals surface area contributed by atoms with Crippen molar-refractivity contribution in [3.05, 3.63) is 46.9 Å². The third-order valence-electron chi connectivity index (χ3n) is 4.31. The number of hydrogen-bond donors (Lipinski definition) is 1. The zero-order valence-electron chi connectivity index (χ0n) is 16.1. The van der Waals surface area contributed by atoms with Crippen LogP contribution < -0.4 is 10.2 Å². The van der Waals surface area contributed by atoms with Gasteiger partial charge in [-0.15, -0.1) is 0 Å². The fourth-order valence-electron chi connectivity index (χ4n) is 2.90. The lowest BCUT2D eigenvalue weighted by molar-refractivity contribution is 0.102. The molecule has 0 saturated carbocycles. The number of amides is 1. The van der Waals surface area contributed by atoms with Gasteiger partial charge in [-0.2, -0.15) is 0 Å². The largest absolute Gasteiger partial charge is 0.357 e. The zero-order valence-corrected chi connectivity index (χ0v) is 16.1. The van der Waals surface area contributed by atoms with Crippen molar-refractivity contribution in [1.29, 1.82) is 0 Å². The van der Waals surface area contributed by atoms with Crippen LogP contribution in [-0.2, 0) is 0 Å². The number of para-hydroxylation sites is 1. The summed E-state index contributed by atoms with van der Waals surface area (Å²) >= 11 is 0. The van der Waals surface area contributed by atoms with Gasteiger partial charge in [0.2, 0.25) is 0 Å². The fraction of sp³-hybridized carbons (Fsp3) is 0.450. The molecule has 0 saturated heterocycles. The molecule has 1 N–H and O–H groups in total. The first-order valence-corrected chi connectivity index (χ1v) is 8.88. The van der Waals surface area contributed by atoms with Gasteiger partial charge in [0.05, 0.1) is 0 Å². The minimum atomic E-state index is -0.199. The SMILES string of the molecule is CCN(CC)c1cc(C(=O)Nc2c(C)cccc2C(C)C)nc(C)n1. The number of nitrogens with zero attached hydrogens (tertiary/aromatic N) is 3. The zero-order chi connectivity index (χ0) is 18.6. The van der Waals surface area contributed by atoms with E-state index in [1.54, 1.807) is 6.07 Å². The monoisotopic (exact) mass is 340 g/mol. The van der Waals surface area contributed by atoms with Crippen LogP contribution in [0.4, 0.5) is 11.5 Å². The molecule has 0 atom stereocenters. The van der Waals surface area contributed by atoms with E-state index in [0.29, 0.717) is 17.4 Å². The van der Waals surface area contributed by atoms with E-state index in [2.05, 4.69) is 53.9 Å². The number of anilines is 2. The van der Waals surface area contributed by atoms with Crippen molar-refractivity contribution in [2.45, 2.75) is 47.5 Å². The Hall–Kier alpha value is -2.43. The van der Waals surface area contributed by atoms with Crippen LogP contribution in [0.2, 0.25) is 0 Å². The predicted octanol–water partition coefficient (Wildman–Crippen LogP) is 4.32. The van der Waals surface area contributed by atoms with Crippen molar-refractivity contribution in [3.8, 4) is 0 Å². The molecular weight excluding hydrogens is 312 g/mol. The predicted molar refractivity (Wildman–Crippen MR) is 104 cm³/mol. The molecule has 0 bridgehead atoms. The van der Waals surface area contributed by atoms with Crippen molar-refractivity contribution in [3.63, 3.8) is 0 Å². The number of nitrogens with one attached hydrogen (secondary N) is 1. The fourth-order valence-corrected chi connectivity index (χ4v) is 2.90. The molecule has 2 rings (SSSR count). The highest BCUT2D eigenvalue weighted by Crippen LogP contribution is 2.28. The third kappa shape index (κ3) is 4.35. The molecule has 2 aromatic rings. The molecule has 1 aromatic heterocycles. The van der Waals surface area contributed by atoms with Crippen LogP contribution in [-0.4, -0.2) is 29.0 Å². The molecule has 1 aromatic carbocycles. The first-order valence-electron chi connectivity index (χ1n) is 8.88. The lowest BCUT2D eigenvalue weighted by Gasteiger charge is -2.21. The number of carbonyl (C=O) groups excluding carboxylic acids is 1. The van der Waals surface area contributed by atoms with Crippen molar-refractivity contribution in [2.24, 2.45) is 0 Å². The summed E-state index contributed by atoms with van der Waals surface area (Å²) in [5, 5.41) is 3.06. The van der Waals surface area contributed by atoms with E-state index in [0.717, 1.165) is 35.7 Å². The molecule has 134 valence electrons. The van der Waals surface area contributed by atoms with E-state index >= 15 is 0 Å². The molecule has 0 aliphatic carbocycles. The Bertz CT molecular complexity index is 751. The number of rotatable bonds is 6. The van der Waals surface area contributed by atoms with Crippen LogP contribution in [0.25, 0.3) is 0 Å². The molecule has 1 heterocycles. The maximum Gasteiger partial charge on any atom is 0.274 e. The number of aryl methyl sites for hydroxylation is 2. The van der Waals surface area contributed by atoms with Crippen molar-refractivity contribution >= 4 is 17.4 Å². The Balaban J connectivity index is 2.37. The van der Waals surface area contributed by atoms with E-state index in [4.69, 9.17) is 0 Å². The Kier molecular flexibility index (Phi) is 6.12. The summed E-state index contributed by atoms with van der Waals surface area (Å²) in [5.41, 5.74) is 3.45. The number of hydrogen-bond acceptors (Lipinski definition) is 4. The molecule has 1 amide bonds. The molecule has 0 aliphatic rings. The van der Waals surface area contributed by atoms with Gasteiger partial charge in [-0.1, -0.05) is 32.0 Å². The van der Waals surface area contributed by atoms with Crippen LogP contribution in [0.3, 0.4) is 0 Å². The van der Waals surface area contributed by atoms with Gasteiger partial charge in [-0.3, -0.25) is 4.79 Å². The smallest absolute Gasteiger partial charge is 0.274 e. The van der Waals surface area contributed by atoms with Crippen LogP contribution in [0, 0.1) is 13.8 Å². The average molecular weight is 340 g/mol. The average Bonchev–Trinajstić information content (AvgIpc) is 2.57. The van der Waals surface area contributed by atoms with Gasteiger partial charge < -0.3 is 10.2 Å². The lowest BCUT2D eigenvalue weighted by Crippen LogP contribution is -2.25. The highest BCUT2D eigenvalue weighted by molar-refractivity contribution is 6.04. The van der Waals surface area contributed by atoms with Gasteiger partial charge in [0.25, 0.3) is 5.91 Å².